The van der Waals surface area contributed by atoms with E-state index in [2.05, 4.69) is 0 Å². The lowest BCUT2D eigenvalue weighted by atomic mass is 10.2. The molecule has 1 heterocycles. The van der Waals surface area contributed by atoms with Crippen LogP contribution in [0.15, 0.2) is 11.1 Å². The van der Waals surface area contributed by atoms with Crippen molar-refractivity contribution in [3.63, 3.8) is 0 Å². The van der Waals surface area contributed by atoms with E-state index >= 15 is 0 Å². The minimum atomic E-state index is -0.294. The fraction of sp³-hybridized carbons (Fsp3) is 0.444. The van der Waals surface area contributed by atoms with Crippen LogP contribution in [0.4, 0.5) is 0 Å². The first kappa shape index (κ1) is 9.64. The Hall–Kier alpha value is -1.45. The Balaban J connectivity index is 2.78. The maximum Gasteiger partial charge on any atom is 0.256 e. The number of hydrogen-bond donors (Lipinski definition) is 0. The third-order valence-electron chi connectivity index (χ3n) is 2.13. The van der Waals surface area contributed by atoms with Crippen LogP contribution in [0.3, 0.4) is 0 Å². The molecule has 0 atom stereocenters. The Kier molecular flexibility index (Phi) is 2.60. The maximum absolute atomic E-state index is 11.3. The van der Waals surface area contributed by atoms with Crippen molar-refractivity contribution in [3.8, 4) is 0 Å². The van der Waals surface area contributed by atoms with E-state index in [-0.39, 0.29) is 24.8 Å². The van der Waals surface area contributed by atoms with Crippen LogP contribution in [0.1, 0.15) is 20.3 Å². The average Bonchev–Trinajstić information content (AvgIpc) is 2.30. The van der Waals surface area contributed by atoms with Crippen molar-refractivity contribution in [1.82, 2.24) is 4.90 Å². The molecule has 1 radical (unpaired) electrons. The maximum atomic E-state index is 11.3. The summed E-state index contributed by atoms with van der Waals surface area (Å²) in [6.07, 6.45) is 1.73. The largest absolute Gasteiger partial charge is 0.291 e. The van der Waals surface area contributed by atoms with Gasteiger partial charge in [-0.15, -0.1) is 0 Å². The van der Waals surface area contributed by atoms with Gasteiger partial charge in [0.2, 0.25) is 0 Å². The molecular weight excluding hydrogens is 170 g/mol. The van der Waals surface area contributed by atoms with E-state index in [0.717, 1.165) is 4.90 Å². The van der Waals surface area contributed by atoms with Gasteiger partial charge >= 0.3 is 0 Å². The summed E-state index contributed by atoms with van der Waals surface area (Å²) in [4.78, 5) is 33.7. The van der Waals surface area contributed by atoms with Gasteiger partial charge in [0.05, 0.1) is 0 Å². The quantitative estimate of drug-likeness (QED) is 0.582. The minimum absolute atomic E-state index is 0.0814. The molecule has 0 N–H and O–H groups in total. The molecule has 0 saturated carbocycles. The molecule has 4 heteroatoms. The van der Waals surface area contributed by atoms with Gasteiger partial charge in [-0.25, -0.2) is 0 Å². The highest BCUT2D eigenvalue weighted by Crippen LogP contribution is 2.19. The Morgan fingerprint density at radius 2 is 1.62 bits per heavy atom. The Morgan fingerprint density at radius 1 is 1.15 bits per heavy atom. The minimum Gasteiger partial charge on any atom is -0.291 e. The monoisotopic (exact) mass is 180 g/mol. The van der Waals surface area contributed by atoms with E-state index in [0.29, 0.717) is 11.1 Å². The standard InChI is InChI=1S/C9H10NO3/c1-6-7(2)9(13)10(8(6)12)4-3-5-11/h3-4H2,1-2H3. The molecule has 1 aliphatic rings. The van der Waals surface area contributed by atoms with Crippen LogP contribution in [0.5, 0.6) is 0 Å². The van der Waals surface area contributed by atoms with Crippen molar-refractivity contribution in [3.05, 3.63) is 11.1 Å². The zero-order valence-electron chi connectivity index (χ0n) is 7.59. The summed E-state index contributed by atoms with van der Waals surface area (Å²) in [5.41, 5.74) is 0.937. The number of amides is 2. The van der Waals surface area contributed by atoms with E-state index < -0.39 is 0 Å². The van der Waals surface area contributed by atoms with E-state index in [1.807, 2.05) is 0 Å². The predicted octanol–water partition coefficient (Wildman–Crippen LogP) is 0.191. The molecule has 4 nitrogen and oxygen atoms in total. The van der Waals surface area contributed by atoms with Gasteiger partial charge < -0.3 is 0 Å². The number of carbonyl (C=O) groups excluding carboxylic acids is 3. The molecule has 0 aromatic heterocycles. The Bertz CT molecular complexity index is 280. The summed E-state index contributed by atoms with van der Waals surface area (Å²) in [5.74, 6) is -0.587. The van der Waals surface area contributed by atoms with Crippen molar-refractivity contribution in [1.29, 1.82) is 0 Å². The van der Waals surface area contributed by atoms with Crippen molar-refractivity contribution in [2.75, 3.05) is 6.54 Å². The Labute approximate surface area is 76.2 Å². The topological polar surface area (TPSA) is 54.5 Å². The highest BCUT2D eigenvalue weighted by molar-refractivity contribution is 6.18. The molecule has 0 aromatic carbocycles. The third kappa shape index (κ3) is 1.52. The molecule has 1 aliphatic heterocycles. The molecule has 69 valence electrons. The van der Waals surface area contributed by atoms with Gasteiger partial charge in [-0.3, -0.25) is 19.3 Å². The van der Waals surface area contributed by atoms with Crippen LogP contribution >= 0.6 is 0 Å². The first-order valence-corrected chi connectivity index (χ1v) is 3.98. The number of nitrogens with zero attached hydrogens (tertiary/aromatic N) is 1. The molecule has 2 amide bonds. The highest BCUT2D eigenvalue weighted by Gasteiger charge is 2.32. The zero-order chi connectivity index (χ0) is 10.0. The van der Waals surface area contributed by atoms with E-state index in [1.54, 1.807) is 20.1 Å². The predicted molar refractivity (Wildman–Crippen MR) is 45.4 cm³/mol. The first-order chi connectivity index (χ1) is 6.09. The van der Waals surface area contributed by atoms with Crippen LogP contribution in [0.2, 0.25) is 0 Å². The third-order valence-corrected chi connectivity index (χ3v) is 2.13. The van der Waals surface area contributed by atoms with Crippen molar-refractivity contribution in [2.24, 2.45) is 0 Å². The van der Waals surface area contributed by atoms with Crippen LogP contribution in [0.25, 0.3) is 0 Å². The summed E-state index contributed by atoms with van der Waals surface area (Å²) < 4.78 is 0. The van der Waals surface area contributed by atoms with E-state index in [9.17, 15) is 14.4 Å². The van der Waals surface area contributed by atoms with Gasteiger partial charge in [0.1, 0.15) is 0 Å². The lowest BCUT2D eigenvalue weighted by Crippen LogP contribution is -2.32. The second kappa shape index (κ2) is 3.51. The van der Waals surface area contributed by atoms with E-state index in [1.165, 1.54) is 0 Å². The summed E-state index contributed by atoms with van der Waals surface area (Å²) in [6, 6.07) is 0. The number of rotatable bonds is 3. The van der Waals surface area contributed by atoms with Crippen LogP contribution in [0, 0.1) is 0 Å². The second-order valence-corrected chi connectivity index (χ2v) is 2.91. The number of imide groups is 1. The average molecular weight is 180 g/mol. The Morgan fingerprint density at radius 3 is 2.00 bits per heavy atom. The summed E-state index contributed by atoms with van der Waals surface area (Å²) in [6.45, 7) is 3.36. The number of hydrogen-bond acceptors (Lipinski definition) is 3. The van der Waals surface area contributed by atoms with Gasteiger partial charge in [0.25, 0.3) is 11.8 Å². The fourth-order valence-corrected chi connectivity index (χ4v) is 1.18. The molecule has 0 fully saturated rings. The lowest BCUT2D eigenvalue weighted by Gasteiger charge is -2.11. The summed E-state index contributed by atoms with van der Waals surface area (Å²) in [5, 5.41) is 0. The van der Waals surface area contributed by atoms with Gasteiger partial charge in [-0.05, 0) is 13.8 Å². The normalized spacial score (nSPS) is 17.2. The van der Waals surface area contributed by atoms with Gasteiger partial charge in [0.15, 0.2) is 6.29 Å². The molecule has 0 unspecified atom stereocenters. The fourth-order valence-electron chi connectivity index (χ4n) is 1.18. The SMILES string of the molecule is CC1=C(C)C(=O)N(CC[C]=O)C1=O. The summed E-state index contributed by atoms with van der Waals surface area (Å²) >= 11 is 0. The van der Waals surface area contributed by atoms with Crippen molar-refractivity contribution < 1.29 is 14.4 Å². The molecular formula is C9H10NO3. The molecule has 13 heavy (non-hydrogen) atoms. The highest BCUT2D eigenvalue weighted by atomic mass is 16.2. The van der Waals surface area contributed by atoms with Crippen molar-refractivity contribution >= 4 is 18.1 Å². The lowest BCUT2D eigenvalue weighted by molar-refractivity contribution is -0.137. The number of carbonyl (C=O) groups is 2. The van der Waals surface area contributed by atoms with Crippen LogP contribution in [-0.4, -0.2) is 29.5 Å². The van der Waals surface area contributed by atoms with Gasteiger partial charge in [0, 0.05) is 24.1 Å². The smallest absolute Gasteiger partial charge is 0.256 e. The van der Waals surface area contributed by atoms with Gasteiger partial charge in [-0.1, -0.05) is 0 Å². The molecule has 1 rings (SSSR count). The molecule has 0 bridgehead atoms. The summed E-state index contributed by atoms with van der Waals surface area (Å²) in [7, 11) is 0. The van der Waals surface area contributed by atoms with Gasteiger partial charge in [-0.2, -0.15) is 0 Å². The second-order valence-electron chi connectivity index (χ2n) is 2.91. The van der Waals surface area contributed by atoms with Crippen molar-refractivity contribution in [2.45, 2.75) is 20.3 Å². The first-order valence-electron chi connectivity index (χ1n) is 3.98. The van der Waals surface area contributed by atoms with Crippen LogP contribution in [-0.2, 0) is 14.4 Å². The zero-order valence-corrected chi connectivity index (χ0v) is 7.59. The molecule has 0 saturated heterocycles. The molecule has 0 spiro atoms. The molecule has 0 aliphatic carbocycles. The van der Waals surface area contributed by atoms with E-state index in [4.69, 9.17) is 0 Å². The molecule has 0 aromatic rings. The van der Waals surface area contributed by atoms with Crippen LogP contribution < -0.4 is 0 Å².